The third-order valence-electron chi connectivity index (χ3n) is 19.2. The number of nitriles is 2. The lowest BCUT2D eigenvalue weighted by atomic mass is 9.97. The van der Waals surface area contributed by atoms with Crippen molar-refractivity contribution in [1.29, 1.82) is 10.5 Å². The fraction of sp³-hybridized carbons (Fsp3) is 0.244. The van der Waals surface area contributed by atoms with Crippen LogP contribution < -0.4 is 67.5 Å². The number of nitrogens with zero attached hydrogens (tertiary/aromatic N) is 5. The van der Waals surface area contributed by atoms with Crippen LogP contribution in [0, 0.1) is 36.5 Å². The molecule has 0 amide bonds. The van der Waals surface area contributed by atoms with Gasteiger partial charge in [0.1, 0.15) is 17.1 Å². The first-order chi connectivity index (χ1) is 61.2. The Hall–Kier alpha value is -13.3. The number of carbonyl (C=O) groups is 6. The molecule has 9 N–H and O–H groups in total. The van der Waals surface area contributed by atoms with E-state index in [9.17, 15) is 86.3 Å². The first-order valence-electron chi connectivity index (χ1n) is 39.6. The van der Waals surface area contributed by atoms with Crippen molar-refractivity contribution in [3.63, 3.8) is 0 Å². The van der Waals surface area contributed by atoms with E-state index < -0.39 is 102 Å². The van der Waals surface area contributed by atoms with Gasteiger partial charge in [0.25, 0.3) is 33.4 Å². The third kappa shape index (κ3) is 25.6. The molecule has 0 aliphatic rings. The van der Waals surface area contributed by atoms with Crippen LogP contribution in [0.5, 0.6) is 0 Å². The molecule has 6 aromatic heterocycles. The quantitative estimate of drug-likeness (QED) is 0.0302. The van der Waals surface area contributed by atoms with Crippen molar-refractivity contribution < 1.29 is 28.8 Å². The Labute approximate surface area is 776 Å². The number of rotatable bonds is 21. The minimum absolute atomic E-state index is 0.0271. The monoisotopic (exact) mass is 1930 g/mol. The molecule has 6 aromatic carbocycles. The van der Waals surface area contributed by atoms with Crippen LogP contribution in [0.2, 0.25) is 40.2 Å². The maximum absolute atomic E-state index is 12.9. The first kappa shape index (κ1) is 104. The highest BCUT2D eigenvalue weighted by Crippen LogP contribution is 2.28. The minimum atomic E-state index is -0.735. The highest BCUT2D eigenvalue weighted by atomic mass is 35.5. The Kier molecular flexibility index (Phi) is 36.8. The molecule has 130 heavy (non-hydrogen) atoms. The van der Waals surface area contributed by atoms with Crippen LogP contribution in [0.15, 0.2) is 167 Å². The molecule has 0 fully saturated rings. The highest BCUT2D eigenvalue weighted by molar-refractivity contribution is 6.37. The van der Waals surface area contributed by atoms with Crippen molar-refractivity contribution in [3.05, 3.63) is 398 Å². The number of aryl methyl sites for hydroxylation is 2. The molecule has 0 spiro atoms. The van der Waals surface area contributed by atoms with Gasteiger partial charge < -0.3 is 15.0 Å². The van der Waals surface area contributed by atoms with Gasteiger partial charge in [0, 0.05) is 127 Å². The van der Waals surface area contributed by atoms with Crippen LogP contribution in [-0.2, 0) is 45.3 Å². The van der Waals surface area contributed by atoms with Crippen LogP contribution in [0.4, 0.5) is 0 Å². The normalized spacial score (nSPS) is 10.6. The number of hydrogen-bond donors (Lipinski definition) is 9. The van der Waals surface area contributed by atoms with E-state index in [1.54, 1.807) is 114 Å². The number of nitrogens with one attached hydrogen (secondary N) is 9. The summed E-state index contributed by atoms with van der Waals surface area (Å²) in [5.74, 6) is -3.29. The van der Waals surface area contributed by atoms with Gasteiger partial charge in [-0.25, -0.2) is 28.8 Å². The van der Waals surface area contributed by atoms with Gasteiger partial charge >= 0.3 is 34.1 Å². The predicted octanol–water partition coefficient (Wildman–Crippen LogP) is 13.3. The lowest BCUT2D eigenvalue weighted by Gasteiger charge is -2.16. The lowest BCUT2D eigenvalue weighted by molar-refractivity contribution is 0.101. The molecule has 0 saturated heterocycles. The van der Waals surface area contributed by atoms with Gasteiger partial charge in [-0.2, -0.15) is 10.5 Å². The molecule has 0 atom stereocenters. The molecule has 0 saturated carbocycles. The molecular weight excluding hydrogens is 1850 g/mol. The topological polar surface area (TPSA) is 512 Å². The summed E-state index contributed by atoms with van der Waals surface area (Å²) in [5, 5.41) is 20.4. The van der Waals surface area contributed by atoms with Gasteiger partial charge in [0.15, 0.2) is 0 Å². The number of carbonyl (C=O) groups excluding carboxylic acids is 6. The maximum atomic E-state index is 12.9. The van der Waals surface area contributed by atoms with Crippen LogP contribution in [0.1, 0.15) is 240 Å². The highest BCUT2D eigenvalue weighted by Gasteiger charge is 2.29. The smallest absolute Gasteiger partial charge is 0.304 e. The second-order valence-corrected chi connectivity index (χ2v) is 32.4. The Balaban J connectivity index is 0.000000214. The molecule has 40 heteroatoms. The van der Waals surface area contributed by atoms with Crippen LogP contribution in [-0.4, -0.2) is 93.3 Å². The molecule has 0 unspecified atom stereocenters. The zero-order valence-corrected chi connectivity index (χ0v) is 77.7. The second-order valence-electron chi connectivity index (χ2n) is 28.9. The number of halogens is 8. The van der Waals surface area contributed by atoms with Gasteiger partial charge in [-0.05, 0) is 192 Å². The van der Waals surface area contributed by atoms with E-state index in [2.05, 4.69) is 44.9 Å². The Morgan fingerprint density at radius 3 is 0.823 bits per heavy atom. The zero-order valence-electron chi connectivity index (χ0n) is 71.6. The fourth-order valence-electron chi connectivity index (χ4n) is 13.5. The van der Waals surface area contributed by atoms with E-state index in [1.165, 1.54) is 98.6 Å². The molecule has 676 valence electrons. The van der Waals surface area contributed by atoms with E-state index in [0.717, 1.165) is 11.1 Å². The van der Waals surface area contributed by atoms with Gasteiger partial charge in [-0.3, -0.25) is 101 Å². The maximum Gasteiger partial charge on any atom is 0.328 e. The molecule has 0 aliphatic heterocycles. The second kappa shape index (κ2) is 46.1. The van der Waals surface area contributed by atoms with Crippen LogP contribution in [0.3, 0.4) is 0 Å². The van der Waals surface area contributed by atoms with Crippen LogP contribution in [0.25, 0.3) is 0 Å². The molecule has 6 heterocycles. The summed E-state index contributed by atoms with van der Waals surface area (Å²) < 4.78 is 3.77. The van der Waals surface area contributed by atoms with E-state index in [-0.39, 0.29) is 127 Å². The van der Waals surface area contributed by atoms with Crippen LogP contribution >= 0.6 is 92.8 Å². The molecule has 12 rings (SSSR count). The SMILES string of the molecule is CC(C)c1c(C(=O)c2cc(Cl)cc(Cl)c2)[nH]c(=O)[nH]c1=O.CCc1c(C(=O)c2cc(C)cc(C#N)c2)[nH]c(=O)[nH]c1=O.CCc1c(C(=O)c2cc(C)cc(C#N)c2)n(CC)c(=O)[nH]c1=O.CCc1c(C(=O)c2cc(Cl)cc(Cl)c2)[nH]c(=O)[nH]c1=O.CCc1c(C(=O)c2cc(Cl)cc(Cl)c2)n(CC)c(=O)[nH]c1=O.CCn1c(C(=O)c2cc(Cl)cc(Cl)c2)c(C(C)C)c(=O)[nH]c1=O. The van der Waals surface area contributed by atoms with Crippen molar-refractivity contribution in [2.75, 3.05) is 0 Å². The zero-order chi connectivity index (χ0) is 97.1. The Morgan fingerprint density at radius 1 is 0.292 bits per heavy atom. The summed E-state index contributed by atoms with van der Waals surface area (Å²) in [6.07, 6.45) is 1.27. The summed E-state index contributed by atoms with van der Waals surface area (Å²) in [7, 11) is 0. The molecule has 12 aromatic rings. The average Bonchev–Trinajstić information content (AvgIpc) is 0.779. The number of hydrogen-bond acceptors (Lipinski definition) is 20. The minimum Gasteiger partial charge on any atom is -0.304 e. The predicted molar refractivity (Wildman–Crippen MR) is 498 cm³/mol. The van der Waals surface area contributed by atoms with Gasteiger partial charge in [-0.1, -0.05) is 148 Å². The van der Waals surface area contributed by atoms with Crippen molar-refractivity contribution in [2.24, 2.45) is 0 Å². The largest absolute Gasteiger partial charge is 0.328 e. The van der Waals surface area contributed by atoms with Gasteiger partial charge in [0.05, 0.1) is 40.3 Å². The summed E-state index contributed by atoms with van der Waals surface area (Å²) >= 11 is 47.2. The van der Waals surface area contributed by atoms with E-state index in [0.29, 0.717) is 82.6 Å². The number of benzene rings is 6. The Morgan fingerprint density at radius 2 is 0.531 bits per heavy atom. The summed E-state index contributed by atoms with van der Waals surface area (Å²) in [6, 6.07) is 31.0. The molecule has 0 bridgehead atoms. The molecule has 0 radical (unpaired) electrons. The summed E-state index contributed by atoms with van der Waals surface area (Å²) in [5.41, 5.74) is -2.11. The molecule has 0 aliphatic carbocycles. The fourth-order valence-corrected chi connectivity index (χ4v) is 15.6. The van der Waals surface area contributed by atoms with Crippen molar-refractivity contribution in [3.8, 4) is 12.1 Å². The average molecular weight is 1930 g/mol. The van der Waals surface area contributed by atoms with E-state index in [1.807, 2.05) is 12.1 Å². The number of H-pyrrole nitrogens is 9. The third-order valence-corrected chi connectivity index (χ3v) is 20.9. The van der Waals surface area contributed by atoms with Crippen molar-refractivity contribution >= 4 is 128 Å². The Bertz CT molecular complexity index is 7230. The summed E-state index contributed by atoms with van der Waals surface area (Å²) in [6.45, 7) is 23.5. The standard InChI is InChI=1S/C17H17N3O3.C16H16Cl2N2O3.C15H14Cl2N2O3.C15H13N3O3.C14H12Cl2N2O3.C13H10Cl2N2O3/c1-4-13-14(20(5-2)17(23)19-16(13)22)15(21)12-7-10(3)6-11(8-12)9-18;1-4-20-13(12(8(2)3)15(22)19-16(20)23)14(21)9-5-10(17)7-11(18)6-9;1-3-11-12(19(4-2)15(22)18-14(11)21)13(20)8-5-9(16)7-10(17)6-8;1-3-11-12(17-15(21)18-14(11)20)13(19)10-5-8(2)4-9(6-10)7-16;1-6(2)10-11(17-14(21)18-13(10)20)12(19)7-3-8(15)5-9(16)4-7;1-2-9-10(16-13(20)17-12(9)19)11(18)6-3-7(14)5-8(15)4-6/h6-8H,4-5H2,1-3H3,(H,19,22,23);5-8H,4H2,1-3H3,(H,19,22,23);5-7H,3-4H2,1-2H3,(H,18,21,22);4-6H,3H2,1-2H3,(H2,17,18,20,21);3-6H,1-2H3,(H2,17,18,20,21);3-5H,2H2,1H3,(H2,16,17,19,20). The molecular formula is C90H82Cl8N14O18. The van der Waals surface area contributed by atoms with E-state index >= 15 is 0 Å². The van der Waals surface area contributed by atoms with Crippen molar-refractivity contribution in [1.82, 2.24) is 58.6 Å². The summed E-state index contributed by atoms with van der Waals surface area (Å²) in [4.78, 5) is 238. The number of ketones is 6. The van der Waals surface area contributed by atoms with E-state index in [4.69, 9.17) is 103 Å². The van der Waals surface area contributed by atoms with Gasteiger partial charge in [-0.15, -0.1) is 0 Å². The lowest BCUT2D eigenvalue weighted by Crippen LogP contribution is -2.37. The number of aromatic amines is 9. The molecule has 32 nitrogen and oxygen atoms in total. The number of aromatic nitrogens is 12. The van der Waals surface area contributed by atoms with Crippen molar-refractivity contribution in [2.45, 2.75) is 147 Å². The van der Waals surface area contributed by atoms with Gasteiger partial charge in [0.2, 0.25) is 34.7 Å². The first-order valence-corrected chi connectivity index (χ1v) is 42.6.